The highest BCUT2D eigenvalue weighted by atomic mass is 32.2. The molecule has 0 bridgehead atoms. The number of alkyl halides is 3. The van der Waals surface area contributed by atoms with E-state index in [1.807, 2.05) is 6.08 Å². The van der Waals surface area contributed by atoms with Gasteiger partial charge in [-0.15, -0.1) is 0 Å². The van der Waals surface area contributed by atoms with Gasteiger partial charge in [-0.05, 0) is 18.4 Å². The minimum atomic E-state index is -4.11. The van der Waals surface area contributed by atoms with Crippen LogP contribution in [0.3, 0.4) is 0 Å². The van der Waals surface area contributed by atoms with Crippen molar-refractivity contribution in [1.29, 1.82) is 0 Å². The Labute approximate surface area is 111 Å². The van der Waals surface area contributed by atoms with Crippen LogP contribution in [0.25, 0.3) is 0 Å². The normalized spacial score (nSPS) is 12.5. The van der Waals surface area contributed by atoms with Crippen LogP contribution in [-0.4, -0.2) is 24.5 Å². The topological polar surface area (TPSA) is 9.23 Å². The molecule has 0 aliphatic rings. The third kappa shape index (κ3) is 11.8. The molecule has 104 valence electrons. The molecule has 0 unspecified atom stereocenters. The maximum Gasteiger partial charge on any atom is 0.441 e. The van der Waals surface area contributed by atoms with Gasteiger partial charge in [0.25, 0.3) is 0 Å². The van der Waals surface area contributed by atoms with Gasteiger partial charge in [-0.25, -0.2) is 0 Å². The van der Waals surface area contributed by atoms with Crippen molar-refractivity contribution in [3.05, 3.63) is 37.0 Å². The largest absolute Gasteiger partial charge is 0.441 e. The van der Waals surface area contributed by atoms with Crippen LogP contribution in [0.4, 0.5) is 13.2 Å². The van der Waals surface area contributed by atoms with E-state index in [0.717, 1.165) is 18.4 Å². The predicted molar refractivity (Wildman–Crippen MR) is 71.7 cm³/mol. The molecule has 18 heavy (non-hydrogen) atoms. The fourth-order valence-electron chi connectivity index (χ4n) is 1.19. The molecule has 0 aromatic rings. The molecule has 0 amide bonds. The van der Waals surface area contributed by atoms with Crippen molar-refractivity contribution in [2.75, 3.05) is 19.0 Å². The second-order valence-corrected chi connectivity index (χ2v) is 4.75. The molecule has 0 atom stereocenters. The van der Waals surface area contributed by atoms with Gasteiger partial charge in [0.1, 0.15) is 0 Å². The third-order valence-electron chi connectivity index (χ3n) is 2.06. The van der Waals surface area contributed by atoms with Gasteiger partial charge in [-0.2, -0.15) is 13.2 Å². The van der Waals surface area contributed by atoms with Crippen LogP contribution < -0.4 is 0 Å². The lowest BCUT2D eigenvalue weighted by molar-refractivity contribution is -0.0328. The molecule has 0 aromatic heterocycles. The van der Waals surface area contributed by atoms with Crippen molar-refractivity contribution in [3.63, 3.8) is 0 Å². The van der Waals surface area contributed by atoms with Crippen LogP contribution in [0.2, 0.25) is 0 Å². The molecular formula is C13H19F3OS. The number of hydrogen-bond donors (Lipinski definition) is 0. The molecule has 0 radical (unpaired) electrons. The van der Waals surface area contributed by atoms with Gasteiger partial charge in [-0.3, -0.25) is 0 Å². The summed E-state index contributed by atoms with van der Waals surface area (Å²) >= 11 is 0.0382. The van der Waals surface area contributed by atoms with E-state index in [1.165, 1.54) is 0 Å². The zero-order valence-electron chi connectivity index (χ0n) is 10.3. The van der Waals surface area contributed by atoms with E-state index in [4.69, 9.17) is 4.74 Å². The summed E-state index contributed by atoms with van der Waals surface area (Å²) in [6.45, 7) is 8.23. The highest BCUT2D eigenvalue weighted by molar-refractivity contribution is 8.00. The zero-order chi connectivity index (χ0) is 13.9. The minimum Gasteiger partial charge on any atom is -0.377 e. The summed E-state index contributed by atoms with van der Waals surface area (Å²) in [5, 5.41) is 0. The highest BCUT2D eigenvalue weighted by Gasteiger charge is 2.27. The van der Waals surface area contributed by atoms with Crippen molar-refractivity contribution in [1.82, 2.24) is 0 Å². The number of allylic oxidation sites excluding steroid dienone is 2. The Hall–Kier alpha value is -0.680. The van der Waals surface area contributed by atoms with E-state index in [-0.39, 0.29) is 17.5 Å². The van der Waals surface area contributed by atoms with Gasteiger partial charge in [0.05, 0.1) is 6.61 Å². The number of ether oxygens (including phenoxy) is 1. The Morgan fingerprint density at radius 2 is 1.89 bits per heavy atom. The Morgan fingerprint density at radius 1 is 1.17 bits per heavy atom. The number of rotatable bonds is 10. The van der Waals surface area contributed by atoms with Crippen LogP contribution >= 0.6 is 11.8 Å². The quantitative estimate of drug-likeness (QED) is 0.423. The van der Waals surface area contributed by atoms with E-state index in [9.17, 15) is 13.2 Å². The lowest BCUT2D eigenvalue weighted by atomic mass is 10.2. The summed E-state index contributed by atoms with van der Waals surface area (Å²) in [7, 11) is 0. The van der Waals surface area contributed by atoms with Crippen LogP contribution in [0.5, 0.6) is 0 Å². The molecule has 1 nitrogen and oxygen atoms in total. The lowest BCUT2D eigenvalue weighted by Crippen LogP contribution is -2.02. The molecule has 0 saturated carbocycles. The Balaban J connectivity index is 3.38. The minimum absolute atomic E-state index is 0.0382. The summed E-state index contributed by atoms with van der Waals surface area (Å²) < 4.78 is 40.8. The van der Waals surface area contributed by atoms with Crippen molar-refractivity contribution in [2.24, 2.45) is 0 Å². The lowest BCUT2D eigenvalue weighted by Gasteiger charge is -2.06. The van der Waals surface area contributed by atoms with Gasteiger partial charge in [0, 0.05) is 12.4 Å². The van der Waals surface area contributed by atoms with Crippen molar-refractivity contribution >= 4 is 11.8 Å². The fourth-order valence-corrected chi connectivity index (χ4v) is 1.77. The molecule has 0 N–H and O–H groups in total. The van der Waals surface area contributed by atoms with E-state index in [1.54, 1.807) is 12.2 Å². The maximum absolute atomic E-state index is 11.8. The monoisotopic (exact) mass is 280 g/mol. The van der Waals surface area contributed by atoms with Gasteiger partial charge in [-0.1, -0.05) is 49.6 Å². The molecule has 0 saturated heterocycles. The van der Waals surface area contributed by atoms with Gasteiger partial charge < -0.3 is 4.74 Å². The van der Waals surface area contributed by atoms with E-state index in [2.05, 4.69) is 13.2 Å². The van der Waals surface area contributed by atoms with Crippen LogP contribution in [0, 0.1) is 0 Å². The smallest absolute Gasteiger partial charge is 0.377 e. The Kier molecular flexibility index (Phi) is 9.87. The highest BCUT2D eigenvalue weighted by Crippen LogP contribution is 2.30. The molecule has 0 aliphatic carbocycles. The molecule has 0 spiro atoms. The first-order valence-corrected chi connectivity index (χ1v) is 6.70. The summed E-state index contributed by atoms with van der Waals surface area (Å²) in [4.78, 5) is 0. The average Bonchev–Trinajstić information content (AvgIpc) is 2.29. The average molecular weight is 280 g/mol. The molecule has 0 rings (SSSR count). The summed E-state index contributed by atoms with van der Waals surface area (Å²) in [5.41, 5.74) is -3.16. The molecule has 0 fully saturated rings. The molecule has 0 heterocycles. The predicted octanol–water partition coefficient (Wildman–Crippen LogP) is 4.72. The molecule has 5 heteroatoms. The van der Waals surface area contributed by atoms with Gasteiger partial charge in [0.2, 0.25) is 0 Å². The maximum atomic E-state index is 11.8. The SMILES string of the molecule is C=C/C=C(\C=C)COCCCCCSC(F)(F)F. The first-order valence-electron chi connectivity index (χ1n) is 5.72. The Morgan fingerprint density at radius 3 is 2.44 bits per heavy atom. The standard InChI is InChI=1S/C13H19F3OS/c1-3-8-12(4-2)11-17-9-6-5-7-10-18-13(14,15)16/h3-4,8H,1-2,5-7,9-11H2/b12-8+. The fraction of sp³-hybridized carbons (Fsp3) is 0.538. The zero-order valence-corrected chi connectivity index (χ0v) is 11.2. The number of hydrogen-bond acceptors (Lipinski definition) is 2. The first-order chi connectivity index (χ1) is 8.49. The first kappa shape index (κ1) is 17.3. The van der Waals surface area contributed by atoms with E-state index >= 15 is 0 Å². The summed E-state index contributed by atoms with van der Waals surface area (Å²) in [6.07, 6.45) is 7.25. The van der Waals surface area contributed by atoms with E-state index < -0.39 is 5.51 Å². The second kappa shape index (κ2) is 10.3. The van der Waals surface area contributed by atoms with Crippen LogP contribution in [0.15, 0.2) is 37.0 Å². The van der Waals surface area contributed by atoms with Crippen molar-refractivity contribution in [2.45, 2.75) is 24.8 Å². The summed E-state index contributed by atoms with van der Waals surface area (Å²) in [6, 6.07) is 0. The molecule has 0 aromatic carbocycles. The molecule has 0 aliphatic heterocycles. The third-order valence-corrected chi connectivity index (χ3v) is 2.88. The van der Waals surface area contributed by atoms with E-state index in [0.29, 0.717) is 19.6 Å². The van der Waals surface area contributed by atoms with Crippen molar-refractivity contribution < 1.29 is 17.9 Å². The second-order valence-electron chi connectivity index (χ2n) is 3.59. The molecular weight excluding hydrogens is 261 g/mol. The number of halogens is 3. The van der Waals surface area contributed by atoms with Crippen LogP contribution in [-0.2, 0) is 4.74 Å². The number of thioether (sulfide) groups is 1. The van der Waals surface area contributed by atoms with Gasteiger partial charge in [0.15, 0.2) is 0 Å². The van der Waals surface area contributed by atoms with Crippen LogP contribution in [0.1, 0.15) is 19.3 Å². The number of unbranched alkanes of at least 4 members (excludes halogenated alkanes) is 2. The Bertz CT molecular complexity index is 272. The summed E-state index contributed by atoms with van der Waals surface area (Å²) in [5.74, 6) is 0.123. The van der Waals surface area contributed by atoms with Crippen molar-refractivity contribution in [3.8, 4) is 0 Å². The van der Waals surface area contributed by atoms with Gasteiger partial charge >= 0.3 is 5.51 Å².